The average molecular weight is 320 g/mol. The van der Waals surface area contributed by atoms with Gasteiger partial charge in [-0.1, -0.05) is 24.3 Å². The first-order chi connectivity index (χ1) is 8.78. The van der Waals surface area contributed by atoms with Gasteiger partial charge in [0.15, 0.2) is 0 Å². The quantitative estimate of drug-likeness (QED) is 0.870. The van der Waals surface area contributed by atoms with Gasteiger partial charge in [0.25, 0.3) is 10.2 Å². The fourth-order valence-corrected chi connectivity index (χ4v) is 3.42. The maximum Gasteiger partial charge on any atom is 0.279 e. The van der Waals surface area contributed by atoms with E-state index >= 15 is 0 Å². The van der Waals surface area contributed by atoms with E-state index in [2.05, 4.69) is 10.8 Å². The second kappa shape index (κ2) is 6.41. The summed E-state index contributed by atoms with van der Waals surface area (Å²) in [7, 11) is -3.46. The highest BCUT2D eigenvalue weighted by Gasteiger charge is 2.27. The molecule has 1 aromatic rings. The Hall–Kier alpha value is -0.660. The Morgan fingerprint density at radius 2 is 1.90 bits per heavy atom. The van der Waals surface area contributed by atoms with E-state index in [0.717, 1.165) is 12.0 Å². The monoisotopic (exact) mass is 319 g/mol. The van der Waals surface area contributed by atoms with Gasteiger partial charge in [0.1, 0.15) is 0 Å². The first-order valence-corrected chi connectivity index (χ1v) is 7.82. The maximum absolute atomic E-state index is 12.2. The van der Waals surface area contributed by atoms with Gasteiger partial charge in [-0.15, -0.1) is 12.4 Å². The number of halogens is 1. The molecule has 0 saturated heterocycles. The summed E-state index contributed by atoms with van der Waals surface area (Å²) in [4.78, 5) is 0. The fraction of sp³-hybridized carbons (Fsp3) is 0.538. The van der Waals surface area contributed by atoms with Gasteiger partial charge in [-0.3, -0.25) is 0 Å². The molecule has 0 radical (unpaired) electrons. The van der Waals surface area contributed by atoms with Crippen molar-refractivity contribution < 1.29 is 8.42 Å². The van der Waals surface area contributed by atoms with E-state index in [1.54, 1.807) is 13.8 Å². The third-order valence-corrected chi connectivity index (χ3v) is 4.65. The van der Waals surface area contributed by atoms with Crippen LogP contribution in [0.1, 0.15) is 25.0 Å². The Balaban J connectivity index is 0.00000200. The molecular formula is C13H22ClN3O2S. The summed E-state index contributed by atoms with van der Waals surface area (Å²) < 4.78 is 28.4. The van der Waals surface area contributed by atoms with E-state index in [4.69, 9.17) is 5.73 Å². The van der Waals surface area contributed by atoms with Crippen LogP contribution >= 0.6 is 12.4 Å². The molecule has 0 saturated carbocycles. The molecule has 7 heteroatoms. The lowest BCUT2D eigenvalue weighted by Gasteiger charge is -2.29. The summed E-state index contributed by atoms with van der Waals surface area (Å²) in [6.07, 6.45) is 0.753. The Morgan fingerprint density at radius 3 is 2.50 bits per heavy atom. The average Bonchev–Trinajstić information content (AvgIpc) is 2.35. The van der Waals surface area contributed by atoms with Gasteiger partial charge < -0.3 is 5.73 Å². The molecule has 1 aliphatic rings. The minimum atomic E-state index is -3.46. The van der Waals surface area contributed by atoms with Crippen molar-refractivity contribution in [1.82, 2.24) is 9.03 Å². The van der Waals surface area contributed by atoms with Crippen LogP contribution in [0, 0.1) is 0 Å². The molecule has 0 aliphatic carbocycles. The molecule has 0 aromatic heterocycles. The van der Waals surface area contributed by atoms with Crippen molar-refractivity contribution >= 4 is 22.6 Å². The predicted molar refractivity (Wildman–Crippen MR) is 83.0 cm³/mol. The Morgan fingerprint density at radius 1 is 1.30 bits per heavy atom. The molecule has 1 aromatic carbocycles. The molecule has 0 fully saturated rings. The third-order valence-electron chi connectivity index (χ3n) is 3.15. The summed E-state index contributed by atoms with van der Waals surface area (Å²) in [6.45, 7) is 4.75. The predicted octanol–water partition coefficient (Wildman–Crippen LogP) is 1.04. The zero-order valence-corrected chi connectivity index (χ0v) is 13.4. The number of hydrogen-bond acceptors (Lipinski definition) is 3. The molecule has 0 amide bonds. The highest BCUT2D eigenvalue weighted by Crippen LogP contribution is 2.20. The van der Waals surface area contributed by atoms with Crippen LogP contribution in [0.4, 0.5) is 0 Å². The van der Waals surface area contributed by atoms with Crippen molar-refractivity contribution in [3.05, 3.63) is 35.4 Å². The molecular weight excluding hydrogens is 298 g/mol. The number of nitrogens with two attached hydrogens (primary N) is 1. The van der Waals surface area contributed by atoms with E-state index in [-0.39, 0.29) is 19.0 Å². The largest absolute Gasteiger partial charge is 0.324 e. The first kappa shape index (κ1) is 17.4. The van der Waals surface area contributed by atoms with Crippen LogP contribution in [0.25, 0.3) is 0 Å². The SMILES string of the molecule is CC(C)(N)CNS(=O)(=O)N1CCc2ccccc2C1.Cl. The maximum atomic E-state index is 12.2. The van der Waals surface area contributed by atoms with Crippen molar-refractivity contribution in [2.75, 3.05) is 13.1 Å². The van der Waals surface area contributed by atoms with Crippen molar-refractivity contribution in [1.29, 1.82) is 0 Å². The zero-order chi connectivity index (χ0) is 14.1. The molecule has 3 N–H and O–H groups in total. The van der Waals surface area contributed by atoms with Crippen molar-refractivity contribution in [3.63, 3.8) is 0 Å². The number of rotatable bonds is 4. The molecule has 0 spiro atoms. The van der Waals surface area contributed by atoms with E-state index in [1.165, 1.54) is 9.87 Å². The van der Waals surface area contributed by atoms with Gasteiger partial charge in [0, 0.05) is 25.2 Å². The number of hydrogen-bond donors (Lipinski definition) is 2. The summed E-state index contributed by atoms with van der Waals surface area (Å²) in [5.74, 6) is 0. The summed E-state index contributed by atoms with van der Waals surface area (Å²) in [5, 5.41) is 0. The first-order valence-electron chi connectivity index (χ1n) is 6.38. The molecule has 5 nitrogen and oxygen atoms in total. The number of benzene rings is 1. The standard InChI is InChI=1S/C13H21N3O2S.ClH/c1-13(2,14)10-15-19(17,18)16-8-7-11-5-3-4-6-12(11)9-16;/h3-6,15H,7-10,14H2,1-2H3;1H. The van der Waals surface area contributed by atoms with Crippen LogP contribution in [0.15, 0.2) is 24.3 Å². The number of nitrogens with one attached hydrogen (secondary N) is 1. The van der Waals surface area contributed by atoms with Gasteiger partial charge in [0.2, 0.25) is 0 Å². The Kier molecular flexibility index (Phi) is 5.57. The fourth-order valence-electron chi connectivity index (χ4n) is 2.04. The smallest absolute Gasteiger partial charge is 0.279 e. The van der Waals surface area contributed by atoms with E-state index in [1.807, 2.05) is 18.2 Å². The second-order valence-corrected chi connectivity index (χ2v) is 7.42. The molecule has 2 rings (SSSR count). The van der Waals surface area contributed by atoms with Crippen LogP contribution in [0.5, 0.6) is 0 Å². The summed E-state index contributed by atoms with van der Waals surface area (Å²) in [6, 6.07) is 7.95. The normalized spacial score (nSPS) is 16.4. The topological polar surface area (TPSA) is 75.4 Å². The van der Waals surface area contributed by atoms with Crippen LogP contribution in [-0.2, 0) is 23.2 Å². The summed E-state index contributed by atoms with van der Waals surface area (Å²) >= 11 is 0. The molecule has 20 heavy (non-hydrogen) atoms. The second-order valence-electron chi connectivity index (χ2n) is 5.67. The molecule has 1 aliphatic heterocycles. The molecule has 114 valence electrons. The Bertz CT molecular complexity index is 555. The molecule has 0 atom stereocenters. The van der Waals surface area contributed by atoms with Crippen LogP contribution in [0.3, 0.4) is 0 Å². The minimum absolute atomic E-state index is 0. The van der Waals surface area contributed by atoms with Gasteiger partial charge in [-0.05, 0) is 31.4 Å². The zero-order valence-electron chi connectivity index (χ0n) is 11.8. The molecule has 1 heterocycles. The lowest BCUT2D eigenvalue weighted by Crippen LogP contribution is -2.50. The summed E-state index contributed by atoms with van der Waals surface area (Å²) in [5.41, 5.74) is 7.55. The highest BCUT2D eigenvalue weighted by atomic mass is 35.5. The number of fused-ring (bicyclic) bond motifs is 1. The van der Waals surface area contributed by atoms with Gasteiger partial charge in [0.05, 0.1) is 0 Å². The van der Waals surface area contributed by atoms with Crippen molar-refractivity contribution in [3.8, 4) is 0 Å². The highest BCUT2D eigenvalue weighted by molar-refractivity contribution is 7.87. The lowest BCUT2D eigenvalue weighted by atomic mass is 10.0. The van der Waals surface area contributed by atoms with Crippen LogP contribution in [0.2, 0.25) is 0 Å². The van der Waals surface area contributed by atoms with E-state index in [9.17, 15) is 8.42 Å². The van der Waals surface area contributed by atoms with Gasteiger partial charge >= 0.3 is 0 Å². The van der Waals surface area contributed by atoms with Crippen molar-refractivity contribution in [2.24, 2.45) is 5.73 Å². The molecule has 0 bridgehead atoms. The van der Waals surface area contributed by atoms with Crippen LogP contribution < -0.4 is 10.5 Å². The minimum Gasteiger partial charge on any atom is -0.324 e. The van der Waals surface area contributed by atoms with E-state index in [0.29, 0.717) is 13.1 Å². The Labute approximate surface area is 127 Å². The van der Waals surface area contributed by atoms with E-state index < -0.39 is 15.7 Å². The van der Waals surface area contributed by atoms with Crippen molar-refractivity contribution in [2.45, 2.75) is 32.4 Å². The van der Waals surface area contributed by atoms with Gasteiger partial charge in [-0.25, -0.2) is 4.72 Å². The molecule has 0 unspecified atom stereocenters. The lowest BCUT2D eigenvalue weighted by molar-refractivity contribution is 0.378. The number of nitrogens with zero attached hydrogens (tertiary/aromatic N) is 1. The third kappa shape index (κ3) is 4.43. The van der Waals surface area contributed by atoms with Crippen LogP contribution in [-0.4, -0.2) is 31.4 Å². The van der Waals surface area contributed by atoms with Gasteiger partial charge in [-0.2, -0.15) is 12.7 Å².